The molecule has 4 nitrogen and oxygen atoms in total. The molecule has 2 aromatic carbocycles. The Morgan fingerprint density at radius 2 is 1.67 bits per heavy atom. The molecule has 0 aliphatic carbocycles. The second kappa shape index (κ2) is 7.68. The molecule has 6 heteroatoms. The monoisotopic (exact) mass is 380 g/mol. The van der Waals surface area contributed by atoms with Crippen LogP contribution in [0.25, 0.3) is 11.3 Å². The quantitative estimate of drug-likeness (QED) is 0.648. The average Bonchev–Trinajstić information content (AvgIpc) is 2.67. The first-order chi connectivity index (χ1) is 12.9. The summed E-state index contributed by atoms with van der Waals surface area (Å²) in [7, 11) is -3.32. The molecular weight excluding hydrogens is 363 g/mol. The molecule has 0 aliphatic rings. The SMILES string of the molecule is CC(C)S(=O)(=O)c1ccc(-c2cncc(C#Cc3ccccc3F)n2)cc1. The number of benzene rings is 2. The van der Waals surface area contributed by atoms with Crippen molar-refractivity contribution >= 4 is 9.84 Å². The van der Waals surface area contributed by atoms with Gasteiger partial charge in [0.2, 0.25) is 0 Å². The fourth-order valence-corrected chi connectivity index (χ4v) is 3.41. The van der Waals surface area contributed by atoms with Crippen LogP contribution in [0.1, 0.15) is 25.1 Å². The molecule has 0 N–H and O–H groups in total. The van der Waals surface area contributed by atoms with Crippen LogP contribution >= 0.6 is 0 Å². The third-order valence-electron chi connectivity index (χ3n) is 3.93. The minimum atomic E-state index is -3.32. The first-order valence-electron chi connectivity index (χ1n) is 8.31. The highest BCUT2D eigenvalue weighted by Crippen LogP contribution is 2.21. The molecule has 1 heterocycles. The molecule has 1 aromatic heterocycles. The van der Waals surface area contributed by atoms with Crippen LogP contribution in [0, 0.1) is 17.7 Å². The Labute approximate surface area is 158 Å². The molecule has 0 saturated heterocycles. The molecule has 0 spiro atoms. The normalized spacial score (nSPS) is 11.1. The van der Waals surface area contributed by atoms with E-state index < -0.39 is 20.9 Å². The van der Waals surface area contributed by atoms with Gasteiger partial charge in [0.1, 0.15) is 11.5 Å². The molecule has 0 bridgehead atoms. The topological polar surface area (TPSA) is 59.9 Å². The lowest BCUT2D eigenvalue weighted by atomic mass is 10.1. The average molecular weight is 380 g/mol. The fourth-order valence-electron chi connectivity index (χ4n) is 2.35. The summed E-state index contributed by atoms with van der Waals surface area (Å²) in [6, 6.07) is 12.7. The Balaban J connectivity index is 1.90. The molecule has 0 amide bonds. The van der Waals surface area contributed by atoms with Gasteiger partial charge in [0, 0.05) is 5.56 Å². The highest BCUT2D eigenvalue weighted by Gasteiger charge is 2.18. The number of aromatic nitrogens is 2. The Hall–Kier alpha value is -3.04. The van der Waals surface area contributed by atoms with Crippen molar-refractivity contribution < 1.29 is 12.8 Å². The second-order valence-corrected chi connectivity index (χ2v) is 8.64. The molecule has 136 valence electrons. The fraction of sp³-hybridized carbons (Fsp3) is 0.143. The minimum Gasteiger partial charge on any atom is -0.259 e. The molecule has 0 saturated carbocycles. The van der Waals surface area contributed by atoms with Gasteiger partial charge in [0.05, 0.1) is 33.8 Å². The second-order valence-electron chi connectivity index (χ2n) is 6.14. The van der Waals surface area contributed by atoms with Gasteiger partial charge in [-0.2, -0.15) is 0 Å². The zero-order chi connectivity index (χ0) is 19.4. The van der Waals surface area contributed by atoms with Crippen molar-refractivity contribution in [2.45, 2.75) is 24.0 Å². The van der Waals surface area contributed by atoms with Crippen LogP contribution < -0.4 is 0 Å². The summed E-state index contributed by atoms with van der Waals surface area (Å²) < 4.78 is 38.0. The summed E-state index contributed by atoms with van der Waals surface area (Å²) in [5.41, 5.74) is 1.96. The molecule has 0 aliphatic heterocycles. The largest absolute Gasteiger partial charge is 0.259 e. The van der Waals surface area contributed by atoms with E-state index in [9.17, 15) is 12.8 Å². The van der Waals surface area contributed by atoms with Crippen molar-refractivity contribution in [3.63, 3.8) is 0 Å². The number of hydrogen-bond acceptors (Lipinski definition) is 4. The molecule has 3 rings (SSSR count). The molecule has 0 unspecified atom stereocenters. The van der Waals surface area contributed by atoms with Crippen LogP contribution in [-0.2, 0) is 9.84 Å². The summed E-state index contributed by atoms with van der Waals surface area (Å²) in [4.78, 5) is 8.79. The summed E-state index contributed by atoms with van der Waals surface area (Å²) in [5, 5.41) is -0.486. The number of nitrogens with zero attached hydrogens (tertiary/aromatic N) is 2. The lowest BCUT2D eigenvalue weighted by Gasteiger charge is -2.08. The third-order valence-corrected chi connectivity index (χ3v) is 6.10. The van der Waals surface area contributed by atoms with E-state index in [0.29, 0.717) is 11.4 Å². The van der Waals surface area contributed by atoms with Crippen molar-refractivity contribution in [3.8, 4) is 23.1 Å². The van der Waals surface area contributed by atoms with Gasteiger partial charge in [-0.15, -0.1) is 0 Å². The summed E-state index contributed by atoms with van der Waals surface area (Å²) >= 11 is 0. The molecule has 3 aromatic rings. The van der Waals surface area contributed by atoms with Crippen molar-refractivity contribution in [1.82, 2.24) is 9.97 Å². The number of halogens is 1. The van der Waals surface area contributed by atoms with Gasteiger partial charge in [-0.25, -0.2) is 17.8 Å². The van der Waals surface area contributed by atoms with Gasteiger partial charge < -0.3 is 0 Å². The smallest absolute Gasteiger partial charge is 0.180 e. The lowest BCUT2D eigenvalue weighted by molar-refractivity contribution is 0.587. The molecule has 0 radical (unpaired) electrons. The van der Waals surface area contributed by atoms with Crippen LogP contribution in [0.4, 0.5) is 4.39 Å². The highest BCUT2D eigenvalue weighted by molar-refractivity contribution is 7.92. The first-order valence-corrected chi connectivity index (χ1v) is 9.85. The first kappa shape index (κ1) is 18.7. The maximum absolute atomic E-state index is 13.6. The molecule has 0 fully saturated rings. The van der Waals surface area contributed by atoms with Crippen molar-refractivity contribution in [3.05, 3.63) is 78.0 Å². The summed E-state index contributed by atoms with van der Waals surface area (Å²) in [6.07, 6.45) is 3.06. The zero-order valence-corrected chi connectivity index (χ0v) is 15.7. The standard InChI is InChI=1S/C21H17FN2O2S/c1-15(2)27(25,26)19-11-8-17(9-12-19)21-14-23-13-18(24-21)10-7-16-5-3-4-6-20(16)22/h3-6,8-9,11-15H,1-2H3. The zero-order valence-electron chi connectivity index (χ0n) is 14.8. The van der Waals surface area contributed by atoms with Gasteiger partial charge in [-0.05, 0) is 44.0 Å². The van der Waals surface area contributed by atoms with E-state index in [1.807, 2.05) is 0 Å². The highest BCUT2D eigenvalue weighted by atomic mass is 32.2. The van der Waals surface area contributed by atoms with Crippen LogP contribution in [-0.4, -0.2) is 23.6 Å². The van der Waals surface area contributed by atoms with E-state index in [2.05, 4.69) is 21.8 Å². The number of hydrogen-bond donors (Lipinski definition) is 0. The summed E-state index contributed by atoms with van der Waals surface area (Å²) in [5.74, 6) is 5.15. The van der Waals surface area contributed by atoms with Crippen LogP contribution in [0.2, 0.25) is 0 Å². The van der Waals surface area contributed by atoms with E-state index in [1.165, 1.54) is 12.3 Å². The van der Waals surface area contributed by atoms with Crippen molar-refractivity contribution in [2.75, 3.05) is 0 Å². The summed E-state index contributed by atoms with van der Waals surface area (Å²) in [6.45, 7) is 3.29. The Kier molecular flexibility index (Phi) is 5.33. The van der Waals surface area contributed by atoms with E-state index in [4.69, 9.17) is 0 Å². The van der Waals surface area contributed by atoms with E-state index in [1.54, 1.807) is 62.5 Å². The van der Waals surface area contributed by atoms with E-state index in [0.717, 1.165) is 5.56 Å². The van der Waals surface area contributed by atoms with Crippen molar-refractivity contribution in [2.24, 2.45) is 0 Å². The van der Waals surface area contributed by atoms with Crippen LogP contribution in [0.15, 0.2) is 65.8 Å². The van der Waals surface area contributed by atoms with Gasteiger partial charge in [-0.1, -0.05) is 30.2 Å². The number of sulfone groups is 1. The lowest BCUT2D eigenvalue weighted by Crippen LogP contribution is -2.13. The van der Waals surface area contributed by atoms with Crippen LogP contribution in [0.5, 0.6) is 0 Å². The van der Waals surface area contributed by atoms with Gasteiger partial charge in [0.25, 0.3) is 0 Å². The predicted octanol–water partition coefficient (Wildman–Crippen LogP) is 3.86. The van der Waals surface area contributed by atoms with Crippen LogP contribution in [0.3, 0.4) is 0 Å². The van der Waals surface area contributed by atoms with Crippen molar-refractivity contribution in [1.29, 1.82) is 0 Å². The van der Waals surface area contributed by atoms with Gasteiger partial charge in [-0.3, -0.25) is 4.98 Å². The third kappa shape index (κ3) is 4.21. The Morgan fingerprint density at radius 1 is 0.963 bits per heavy atom. The Morgan fingerprint density at radius 3 is 2.33 bits per heavy atom. The molecule has 27 heavy (non-hydrogen) atoms. The molecular formula is C21H17FN2O2S. The maximum Gasteiger partial charge on any atom is 0.180 e. The Bertz CT molecular complexity index is 1130. The van der Waals surface area contributed by atoms with E-state index >= 15 is 0 Å². The maximum atomic E-state index is 13.6. The van der Waals surface area contributed by atoms with Gasteiger partial charge >= 0.3 is 0 Å². The predicted molar refractivity (Wildman–Crippen MR) is 102 cm³/mol. The minimum absolute atomic E-state index is 0.268. The number of rotatable bonds is 3. The van der Waals surface area contributed by atoms with E-state index in [-0.39, 0.29) is 10.5 Å². The van der Waals surface area contributed by atoms with Gasteiger partial charge in [0.15, 0.2) is 9.84 Å². The molecule has 0 atom stereocenters.